The first-order valence-corrected chi connectivity index (χ1v) is 10.3. The van der Waals surface area contributed by atoms with E-state index in [1.54, 1.807) is 13.3 Å². The van der Waals surface area contributed by atoms with Gasteiger partial charge in [0.2, 0.25) is 11.8 Å². The van der Waals surface area contributed by atoms with E-state index in [-0.39, 0.29) is 0 Å². The number of rotatable bonds is 7. The zero-order valence-electron chi connectivity index (χ0n) is 17.1. The van der Waals surface area contributed by atoms with E-state index in [9.17, 15) is 0 Å². The lowest BCUT2D eigenvalue weighted by Crippen LogP contribution is -2.68. The monoisotopic (exact) mass is 401 g/mol. The molecule has 0 aliphatic carbocycles. The number of anilines is 1. The van der Waals surface area contributed by atoms with Crippen LogP contribution in [0.25, 0.3) is 0 Å². The van der Waals surface area contributed by atoms with Crippen LogP contribution in [0.3, 0.4) is 0 Å². The van der Waals surface area contributed by atoms with Crippen LogP contribution >= 0.6 is 0 Å². The molecule has 30 heavy (non-hydrogen) atoms. The van der Waals surface area contributed by atoms with Gasteiger partial charge in [0.05, 0.1) is 12.8 Å². The largest absolute Gasteiger partial charge is 0.481 e. The van der Waals surface area contributed by atoms with Gasteiger partial charge in [-0.25, -0.2) is 9.97 Å². The Morgan fingerprint density at radius 1 is 1.00 bits per heavy atom. The van der Waals surface area contributed by atoms with Gasteiger partial charge in [-0.15, -0.1) is 0 Å². The fourth-order valence-corrected chi connectivity index (χ4v) is 4.33. The second-order valence-electron chi connectivity index (χ2n) is 7.87. The summed E-state index contributed by atoms with van der Waals surface area (Å²) < 4.78 is 11.0. The minimum Gasteiger partial charge on any atom is -0.481 e. The molecule has 2 aromatic heterocycles. The van der Waals surface area contributed by atoms with Crippen molar-refractivity contribution in [3.63, 3.8) is 0 Å². The van der Waals surface area contributed by atoms with Gasteiger partial charge in [0.15, 0.2) is 0 Å². The van der Waals surface area contributed by atoms with Crippen molar-refractivity contribution in [1.29, 1.82) is 0 Å². The third-order valence-corrected chi connectivity index (χ3v) is 5.95. The smallest absolute Gasteiger partial charge is 0.215 e. The fourth-order valence-electron chi connectivity index (χ4n) is 4.33. The highest BCUT2D eigenvalue weighted by Gasteiger charge is 2.44. The maximum Gasteiger partial charge on any atom is 0.215 e. The lowest BCUT2D eigenvalue weighted by molar-refractivity contribution is -0.00855. The van der Waals surface area contributed by atoms with E-state index in [0.717, 1.165) is 30.9 Å². The Labute approximate surface area is 177 Å². The van der Waals surface area contributed by atoms with Crippen molar-refractivity contribution in [3.05, 3.63) is 78.1 Å². The third kappa shape index (κ3) is 3.96. The van der Waals surface area contributed by atoms with E-state index < -0.39 is 0 Å². The fraction of sp³-hybridized carbons (Fsp3) is 0.333. The van der Waals surface area contributed by atoms with Crippen molar-refractivity contribution in [1.82, 2.24) is 14.9 Å². The van der Waals surface area contributed by atoms with E-state index >= 15 is 0 Å². The molecule has 6 nitrogen and oxygen atoms in total. The Hall–Kier alpha value is -3.12. The molecule has 0 saturated carbocycles. The van der Waals surface area contributed by atoms with Crippen molar-refractivity contribution >= 4 is 5.69 Å². The number of piperazine rings is 1. The Balaban J connectivity index is 1.19. The molecule has 6 rings (SSSR count). The first kappa shape index (κ1) is 18.9. The molecular weight excluding hydrogens is 376 g/mol. The molecule has 153 valence electrons. The Kier molecular flexibility index (Phi) is 5.24. The van der Waals surface area contributed by atoms with Crippen LogP contribution in [-0.2, 0) is 13.2 Å². The zero-order valence-corrected chi connectivity index (χ0v) is 17.1. The summed E-state index contributed by atoms with van der Waals surface area (Å²) in [6.45, 7) is 3.45. The Morgan fingerprint density at radius 2 is 1.83 bits per heavy atom. The molecule has 3 saturated heterocycles. The highest BCUT2D eigenvalue weighted by Crippen LogP contribution is 2.36. The number of fused-ring (bicyclic) bond motifs is 2. The summed E-state index contributed by atoms with van der Waals surface area (Å²) in [7, 11) is 1.64. The van der Waals surface area contributed by atoms with Gasteiger partial charge in [-0.3, -0.25) is 4.90 Å². The lowest BCUT2D eigenvalue weighted by Gasteiger charge is -2.57. The minimum atomic E-state index is 0.520. The Bertz CT molecular complexity index is 968. The molecule has 5 heterocycles. The normalized spacial score (nSPS) is 20.5. The lowest BCUT2D eigenvalue weighted by atomic mass is 9.86. The molecule has 1 aromatic carbocycles. The van der Waals surface area contributed by atoms with Crippen molar-refractivity contribution < 1.29 is 9.47 Å². The first-order chi connectivity index (χ1) is 14.8. The molecule has 2 atom stereocenters. The van der Waals surface area contributed by atoms with E-state index in [2.05, 4.69) is 44.0 Å². The topological polar surface area (TPSA) is 50.7 Å². The number of benzene rings is 1. The van der Waals surface area contributed by atoms with Crippen LogP contribution < -0.4 is 14.4 Å². The SMILES string of the molecule is COc1ccc(CN2C3CC2CN(c2[c]cnc(OCc4ccccc4)c2)C3)cn1. The number of aromatic nitrogens is 2. The molecule has 0 amide bonds. The van der Waals surface area contributed by atoms with Crippen molar-refractivity contribution in [2.75, 3.05) is 25.1 Å². The number of piperidine rings is 1. The summed E-state index contributed by atoms with van der Waals surface area (Å²) in [4.78, 5) is 13.6. The molecule has 6 heteroatoms. The molecular formula is C24H25N4O2. The van der Waals surface area contributed by atoms with Crippen molar-refractivity contribution in [3.8, 4) is 11.8 Å². The molecule has 3 aromatic rings. The molecule has 0 N–H and O–H groups in total. The van der Waals surface area contributed by atoms with Gasteiger partial charge in [0, 0.05) is 62.3 Å². The second kappa shape index (κ2) is 8.32. The number of nitrogens with zero attached hydrogens (tertiary/aromatic N) is 4. The van der Waals surface area contributed by atoms with E-state index in [0.29, 0.717) is 30.5 Å². The van der Waals surface area contributed by atoms with Gasteiger partial charge >= 0.3 is 0 Å². The van der Waals surface area contributed by atoms with E-state index in [1.807, 2.05) is 36.5 Å². The molecule has 2 unspecified atom stereocenters. The third-order valence-electron chi connectivity index (χ3n) is 5.95. The molecule has 0 spiro atoms. The average molecular weight is 401 g/mol. The standard InChI is InChI=1S/C24H25N4O2/c1-29-23-8-7-19(13-26-23)14-28-21-11-22(28)16-27(15-21)20-9-10-25-24(12-20)30-17-18-5-3-2-4-6-18/h2-8,10,12-13,21-22H,11,14-17H2,1H3. The molecule has 1 radical (unpaired) electrons. The Morgan fingerprint density at radius 3 is 2.57 bits per heavy atom. The minimum absolute atomic E-state index is 0.520. The maximum atomic E-state index is 5.90. The zero-order chi connectivity index (χ0) is 20.3. The van der Waals surface area contributed by atoms with E-state index in [1.165, 1.54) is 12.0 Å². The average Bonchev–Trinajstić information content (AvgIpc) is 2.82. The van der Waals surface area contributed by atoms with E-state index in [4.69, 9.17) is 9.47 Å². The predicted molar refractivity (Wildman–Crippen MR) is 115 cm³/mol. The number of methoxy groups -OCH3 is 1. The van der Waals surface area contributed by atoms with Crippen LogP contribution in [0, 0.1) is 6.07 Å². The van der Waals surface area contributed by atoms with Gasteiger partial charge < -0.3 is 14.4 Å². The van der Waals surface area contributed by atoms with Crippen molar-refractivity contribution in [2.45, 2.75) is 31.7 Å². The predicted octanol–water partition coefficient (Wildman–Crippen LogP) is 3.33. The van der Waals surface area contributed by atoms with Crippen molar-refractivity contribution in [2.24, 2.45) is 0 Å². The number of hydrogen-bond donors (Lipinski definition) is 0. The van der Waals surface area contributed by atoms with Crippen LogP contribution in [0.2, 0.25) is 0 Å². The summed E-state index contributed by atoms with van der Waals surface area (Å²) in [5.74, 6) is 1.31. The molecule has 3 aliphatic rings. The number of pyridine rings is 2. The summed E-state index contributed by atoms with van der Waals surface area (Å²) in [6.07, 6.45) is 4.89. The summed E-state index contributed by atoms with van der Waals surface area (Å²) in [5, 5.41) is 0. The molecule has 3 fully saturated rings. The maximum absolute atomic E-state index is 5.90. The van der Waals surface area contributed by atoms with Crippen LogP contribution in [0.5, 0.6) is 11.8 Å². The highest BCUT2D eigenvalue weighted by molar-refractivity contribution is 5.49. The van der Waals surface area contributed by atoms with Gasteiger partial charge in [0.25, 0.3) is 0 Å². The quantitative estimate of drug-likeness (QED) is 0.605. The van der Waals surface area contributed by atoms with Gasteiger partial charge in [-0.2, -0.15) is 0 Å². The molecule has 2 bridgehead atoms. The first-order valence-electron chi connectivity index (χ1n) is 10.3. The molecule has 3 aliphatic heterocycles. The summed E-state index contributed by atoms with van der Waals surface area (Å²) in [6, 6.07) is 20.6. The summed E-state index contributed by atoms with van der Waals surface area (Å²) >= 11 is 0. The summed E-state index contributed by atoms with van der Waals surface area (Å²) in [5.41, 5.74) is 3.43. The van der Waals surface area contributed by atoms with Crippen LogP contribution in [0.15, 0.2) is 60.9 Å². The van der Waals surface area contributed by atoms with Crippen LogP contribution in [-0.4, -0.2) is 47.2 Å². The van der Waals surface area contributed by atoms with Gasteiger partial charge in [-0.1, -0.05) is 36.4 Å². The van der Waals surface area contributed by atoms with Crippen LogP contribution in [0.4, 0.5) is 5.69 Å². The number of hydrogen-bond acceptors (Lipinski definition) is 6. The number of ether oxygens (including phenoxy) is 2. The highest BCUT2D eigenvalue weighted by atomic mass is 16.5. The van der Waals surface area contributed by atoms with Gasteiger partial charge in [0.1, 0.15) is 6.61 Å². The van der Waals surface area contributed by atoms with Gasteiger partial charge in [-0.05, 0) is 17.5 Å². The van der Waals surface area contributed by atoms with Crippen LogP contribution in [0.1, 0.15) is 17.5 Å². The second-order valence-corrected chi connectivity index (χ2v) is 7.87.